The van der Waals surface area contributed by atoms with Crippen LogP contribution in [0.5, 0.6) is 5.75 Å². The van der Waals surface area contributed by atoms with E-state index in [1.807, 2.05) is 0 Å². The number of anilines is 1. The Balaban J connectivity index is 2.78. The van der Waals surface area contributed by atoms with Crippen LogP contribution in [0.2, 0.25) is 0 Å². The van der Waals surface area contributed by atoms with E-state index >= 15 is 0 Å². The second kappa shape index (κ2) is 7.10. The Hall–Kier alpha value is -2.61. The molecule has 0 aromatic heterocycles. The van der Waals surface area contributed by atoms with Gasteiger partial charge in [-0.3, -0.25) is 9.59 Å². The second-order valence-electron chi connectivity index (χ2n) is 3.75. The maximum atomic E-state index is 11.6. The van der Waals surface area contributed by atoms with Crippen molar-refractivity contribution in [2.45, 2.75) is 0 Å². The van der Waals surface area contributed by atoms with Crippen LogP contribution in [0, 0.1) is 0 Å². The van der Waals surface area contributed by atoms with Gasteiger partial charge in [-0.25, -0.2) is 4.79 Å². The zero-order chi connectivity index (χ0) is 15.1. The molecular formula is C12H15N3O5. The predicted octanol–water partition coefficient (Wildman–Crippen LogP) is -0.593. The van der Waals surface area contributed by atoms with Gasteiger partial charge in [-0.2, -0.15) is 0 Å². The third kappa shape index (κ3) is 4.25. The summed E-state index contributed by atoms with van der Waals surface area (Å²) in [7, 11) is 1.40. The van der Waals surface area contributed by atoms with Gasteiger partial charge >= 0.3 is 5.97 Å². The Bertz CT molecular complexity index is 530. The highest BCUT2D eigenvalue weighted by Crippen LogP contribution is 2.21. The van der Waals surface area contributed by atoms with Gasteiger partial charge in [0.15, 0.2) is 0 Å². The molecule has 0 unspecified atom stereocenters. The average Bonchev–Trinajstić information content (AvgIpc) is 2.44. The van der Waals surface area contributed by atoms with Gasteiger partial charge in [0, 0.05) is 0 Å². The fourth-order valence-electron chi connectivity index (χ4n) is 1.38. The second-order valence-corrected chi connectivity index (χ2v) is 3.75. The number of carboxylic acids is 1. The molecule has 1 aromatic rings. The maximum Gasteiger partial charge on any atom is 0.337 e. The van der Waals surface area contributed by atoms with Crippen LogP contribution in [0.3, 0.4) is 0 Å². The first-order valence-corrected chi connectivity index (χ1v) is 5.66. The Labute approximate surface area is 114 Å². The first-order chi connectivity index (χ1) is 9.47. The Morgan fingerprint density at radius 2 is 2.00 bits per heavy atom. The lowest BCUT2D eigenvalue weighted by molar-refractivity contribution is -0.123. The largest absolute Gasteiger partial charge is 0.497 e. The van der Waals surface area contributed by atoms with Crippen molar-refractivity contribution in [3.05, 3.63) is 23.8 Å². The number of amides is 2. The monoisotopic (exact) mass is 281 g/mol. The molecule has 2 amide bonds. The van der Waals surface area contributed by atoms with Crippen LogP contribution in [0.15, 0.2) is 18.2 Å². The van der Waals surface area contributed by atoms with Crippen molar-refractivity contribution in [1.29, 1.82) is 0 Å². The number of methoxy groups -OCH3 is 1. The smallest absolute Gasteiger partial charge is 0.337 e. The molecule has 1 rings (SSSR count). The van der Waals surface area contributed by atoms with Crippen LogP contribution < -0.4 is 21.1 Å². The van der Waals surface area contributed by atoms with Crippen molar-refractivity contribution < 1.29 is 24.2 Å². The highest BCUT2D eigenvalue weighted by molar-refractivity contribution is 6.02. The van der Waals surface area contributed by atoms with Crippen molar-refractivity contribution in [2.75, 3.05) is 25.5 Å². The topological polar surface area (TPSA) is 131 Å². The summed E-state index contributed by atoms with van der Waals surface area (Å²) in [6.45, 7) is -0.517. The molecule has 108 valence electrons. The number of carbonyl (C=O) groups excluding carboxylic acids is 2. The van der Waals surface area contributed by atoms with E-state index in [0.29, 0.717) is 5.75 Å². The van der Waals surface area contributed by atoms with E-state index in [1.165, 1.54) is 25.3 Å². The van der Waals surface area contributed by atoms with Gasteiger partial charge in [-0.15, -0.1) is 0 Å². The zero-order valence-corrected chi connectivity index (χ0v) is 10.8. The minimum Gasteiger partial charge on any atom is -0.497 e. The Morgan fingerprint density at radius 3 is 2.55 bits per heavy atom. The van der Waals surface area contributed by atoms with Crippen molar-refractivity contribution in [3.8, 4) is 5.75 Å². The SMILES string of the molecule is COc1ccc(NC(=O)CNC(=O)CN)c(C(=O)O)c1. The zero-order valence-electron chi connectivity index (χ0n) is 10.8. The molecule has 0 fully saturated rings. The summed E-state index contributed by atoms with van der Waals surface area (Å²) in [4.78, 5) is 33.6. The van der Waals surface area contributed by atoms with E-state index in [-0.39, 0.29) is 24.3 Å². The van der Waals surface area contributed by atoms with Gasteiger partial charge in [0.2, 0.25) is 11.8 Å². The summed E-state index contributed by atoms with van der Waals surface area (Å²) >= 11 is 0. The molecule has 0 radical (unpaired) electrons. The molecule has 8 nitrogen and oxygen atoms in total. The lowest BCUT2D eigenvalue weighted by Crippen LogP contribution is -2.36. The minimum absolute atomic E-state index is 0.108. The number of rotatable bonds is 6. The van der Waals surface area contributed by atoms with E-state index in [1.54, 1.807) is 0 Å². The van der Waals surface area contributed by atoms with Crippen molar-refractivity contribution in [2.24, 2.45) is 5.73 Å². The molecule has 0 aliphatic carbocycles. The first-order valence-electron chi connectivity index (χ1n) is 5.66. The Kier molecular flexibility index (Phi) is 5.48. The fraction of sp³-hybridized carbons (Fsp3) is 0.250. The predicted molar refractivity (Wildman–Crippen MR) is 70.6 cm³/mol. The van der Waals surface area contributed by atoms with Crippen molar-refractivity contribution in [3.63, 3.8) is 0 Å². The average molecular weight is 281 g/mol. The molecule has 0 saturated heterocycles. The number of carboxylic acid groups (broad SMARTS) is 1. The third-order valence-electron chi connectivity index (χ3n) is 2.36. The van der Waals surface area contributed by atoms with Gasteiger partial charge in [-0.1, -0.05) is 0 Å². The molecule has 8 heteroatoms. The molecule has 0 aliphatic rings. The van der Waals surface area contributed by atoms with Crippen LogP contribution in [0.25, 0.3) is 0 Å². The standard InChI is InChI=1S/C12H15N3O5/c1-20-7-2-3-9(8(4-7)12(18)19)15-11(17)6-14-10(16)5-13/h2-4H,5-6,13H2,1H3,(H,14,16)(H,15,17)(H,18,19). The summed E-state index contributed by atoms with van der Waals surface area (Å²) in [5.41, 5.74) is 5.08. The number of hydrogen-bond acceptors (Lipinski definition) is 5. The van der Waals surface area contributed by atoms with Gasteiger partial charge in [0.05, 0.1) is 31.5 Å². The summed E-state index contributed by atoms with van der Waals surface area (Å²) in [6.07, 6.45) is 0. The van der Waals surface area contributed by atoms with Gasteiger partial charge in [-0.05, 0) is 18.2 Å². The molecule has 0 spiro atoms. The van der Waals surface area contributed by atoms with Gasteiger partial charge in [0.1, 0.15) is 5.75 Å². The molecule has 1 aromatic carbocycles. The quantitative estimate of drug-likeness (QED) is 0.551. The number of ether oxygens (including phenoxy) is 1. The van der Waals surface area contributed by atoms with E-state index < -0.39 is 17.8 Å². The molecular weight excluding hydrogens is 266 g/mol. The maximum absolute atomic E-state index is 11.6. The lowest BCUT2D eigenvalue weighted by Gasteiger charge is -2.10. The summed E-state index contributed by atoms with van der Waals surface area (Å²) in [5, 5.41) is 13.7. The molecule has 0 saturated carbocycles. The van der Waals surface area contributed by atoms with Gasteiger partial charge < -0.3 is 26.2 Å². The van der Waals surface area contributed by atoms with Crippen LogP contribution >= 0.6 is 0 Å². The Morgan fingerprint density at radius 1 is 1.30 bits per heavy atom. The highest BCUT2D eigenvalue weighted by Gasteiger charge is 2.14. The summed E-state index contributed by atoms with van der Waals surface area (Å²) < 4.78 is 4.91. The number of aromatic carboxylic acids is 1. The fourth-order valence-corrected chi connectivity index (χ4v) is 1.38. The molecule has 0 bridgehead atoms. The van der Waals surface area contributed by atoms with Gasteiger partial charge in [0.25, 0.3) is 0 Å². The number of benzene rings is 1. The van der Waals surface area contributed by atoms with E-state index in [4.69, 9.17) is 15.6 Å². The van der Waals surface area contributed by atoms with Crippen LogP contribution in [-0.4, -0.2) is 43.1 Å². The van der Waals surface area contributed by atoms with E-state index in [0.717, 1.165) is 0 Å². The van der Waals surface area contributed by atoms with E-state index in [2.05, 4.69) is 10.6 Å². The van der Waals surface area contributed by atoms with E-state index in [9.17, 15) is 14.4 Å². The molecule has 0 aliphatic heterocycles. The third-order valence-corrected chi connectivity index (χ3v) is 2.36. The summed E-state index contributed by atoms with van der Waals surface area (Å²) in [6, 6.07) is 4.21. The van der Waals surface area contributed by atoms with Crippen LogP contribution in [0.1, 0.15) is 10.4 Å². The molecule has 5 N–H and O–H groups in total. The summed E-state index contributed by atoms with van der Waals surface area (Å²) in [5.74, 6) is -1.88. The molecule has 0 heterocycles. The normalized spacial score (nSPS) is 9.70. The van der Waals surface area contributed by atoms with Crippen molar-refractivity contribution >= 4 is 23.5 Å². The number of hydrogen-bond donors (Lipinski definition) is 4. The molecule has 20 heavy (non-hydrogen) atoms. The van der Waals surface area contributed by atoms with Crippen LogP contribution in [-0.2, 0) is 9.59 Å². The first kappa shape index (κ1) is 15.4. The van der Waals surface area contributed by atoms with Crippen molar-refractivity contribution in [1.82, 2.24) is 5.32 Å². The molecule has 0 atom stereocenters. The van der Waals surface area contributed by atoms with Crippen LogP contribution in [0.4, 0.5) is 5.69 Å². The minimum atomic E-state index is -1.20. The lowest BCUT2D eigenvalue weighted by atomic mass is 10.1. The number of nitrogens with two attached hydrogens (primary N) is 1. The highest BCUT2D eigenvalue weighted by atomic mass is 16.5. The number of carbonyl (C=O) groups is 3. The number of nitrogens with one attached hydrogen (secondary N) is 2.